The number of rotatable bonds is 4. The van der Waals surface area contributed by atoms with Crippen molar-refractivity contribution in [1.29, 1.82) is 0 Å². The zero-order valence-corrected chi connectivity index (χ0v) is 15.3. The average Bonchev–Trinajstić information content (AvgIpc) is 2.91. The van der Waals surface area contributed by atoms with Gasteiger partial charge in [-0.05, 0) is 31.0 Å². The summed E-state index contributed by atoms with van der Waals surface area (Å²) in [5, 5.41) is 2.88. The molecule has 2 saturated heterocycles. The molecule has 1 aromatic carbocycles. The second kappa shape index (κ2) is 8.51. The summed E-state index contributed by atoms with van der Waals surface area (Å²) in [6, 6.07) is 5.13. The van der Waals surface area contributed by atoms with Crippen molar-refractivity contribution in [3.63, 3.8) is 0 Å². The molecule has 148 valence electrons. The molecule has 2 fully saturated rings. The van der Waals surface area contributed by atoms with E-state index in [9.17, 15) is 18.4 Å². The number of nitrogens with zero attached hydrogens (tertiary/aromatic N) is 3. The minimum atomic E-state index is -2.37. The van der Waals surface area contributed by atoms with E-state index in [1.54, 1.807) is 15.9 Å². The Morgan fingerprint density at radius 1 is 1.22 bits per heavy atom. The van der Waals surface area contributed by atoms with Gasteiger partial charge < -0.3 is 15.0 Å². The van der Waals surface area contributed by atoms with E-state index >= 15 is 0 Å². The van der Waals surface area contributed by atoms with E-state index < -0.39 is 12.5 Å². The summed E-state index contributed by atoms with van der Waals surface area (Å²) in [7, 11) is 0. The molecule has 0 aliphatic carbocycles. The SMILES string of the molecule is Cc1ccc(N2CCOC2=O)cc1NC(=O)N1CCCN(CC(F)F)CC1. The number of carbonyl (C=O) groups excluding carboxylic acids is 2. The standard InChI is InChI=1S/C18H24F2N4O3/c1-13-3-4-14(24-9-10-27-18(24)26)11-15(13)21-17(25)23-6-2-5-22(7-8-23)12-16(19)20/h3-4,11,16H,2,5-10,12H2,1H3,(H,21,25). The molecule has 7 nitrogen and oxygen atoms in total. The minimum Gasteiger partial charge on any atom is -0.447 e. The van der Waals surface area contributed by atoms with E-state index in [1.165, 1.54) is 4.90 Å². The van der Waals surface area contributed by atoms with E-state index in [0.717, 1.165) is 5.56 Å². The van der Waals surface area contributed by atoms with Crippen LogP contribution in [0.25, 0.3) is 0 Å². The number of aryl methyl sites for hydroxylation is 1. The van der Waals surface area contributed by atoms with E-state index in [1.807, 2.05) is 19.1 Å². The van der Waals surface area contributed by atoms with Crippen LogP contribution in [0.1, 0.15) is 12.0 Å². The first kappa shape index (κ1) is 19.3. The molecular weight excluding hydrogens is 358 g/mol. The summed E-state index contributed by atoms with van der Waals surface area (Å²) < 4.78 is 30.1. The number of anilines is 2. The molecule has 0 unspecified atom stereocenters. The number of carbonyl (C=O) groups is 2. The molecule has 2 aliphatic heterocycles. The molecule has 1 N–H and O–H groups in total. The van der Waals surface area contributed by atoms with E-state index in [0.29, 0.717) is 57.1 Å². The van der Waals surface area contributed by atoms with Gasteiger partial charge in [0, 0.05) is 37.6 Å². The fraction of sp³-hybridized carbons (Fsp3) is 0.556. The molecule has 0 saturated carbocycles. The average molecular weight is 382 g/mol. The maximum atomic E-state index is 12.6. The summed E-state index contributed by atoms with van der Waals surface area (Å²) in [5.41, 5.74) is 2.15. The lowest BCUT2D eigenvalue weighted by Gasteiger charge is -2.23. The first-order valence-corrected chi connectivity index (χ1v) is 9.05. The number of amides is 3. The Labute approximate surface area is 156 Å². The first-order chi connectivity index (χ1) is 12.9. The van der Waals surface area contributed by atoms with Crippen molar-refractivity contribution in [2.24, 2.45) is 0 Å². The van der Waals surface area contributed by atoms with Gasteiger partial charge >= 0.3 is 12.1 Å². The highest BCUT2D eigenvalue weighted by Gasteiger charge is 2.25. The van der Waals surface area contributed by atoms with Crippen LogP contribution in [0.15, 0.2) is 18.2 Å². The Bertz CT molecular complexity index is 701. The van der Waals surface area contributed by atoms with Crippen LogP contribution in [0.2, 0.25) is 0 Å². The van der Waals surface area contributed by atoms with Crippen LogP contribution < -0.4 is 10.2 Å². The Morgan fingerprint density at radius 3 is 2.74 bits per heavy atom. The van der Waals surface area contributed by atoms with Crippen LogP contribution in [-0.2, 0) is 4.74 Å². The highest BCUT2D eigenvalue weighted by Crippen LogP contribution is 2.26. The van der Waals surface area contributed by atoms with E-state index in [4.69, 9.17) is 4.74 Å². The quantitative estimate of drug-likeness (QED) is 0.870. The molecule has 2 aliphatic rings. The molecule has 9 heteroatoms. The number of cyclic esters (lactones) is 1. The fourth-order valence-electron chi connectivity index (χ4n) is 3.29. The van der Waals surface area contributed by atoms with Crippen LogP contribution in [-0.4, -0.2) is 74.2 Å². The number of ether oxygens (including phenoxy) is 1. The van der Waals surface area contributed by atoms with E-state index in [-0.39, 0.29) is 12.6 Å². The lowest BCUT2D eigenvalue weighted by molar-refractivity contribution is 0.0905. The van der Waals surface area contributed by atoms with Crippen molar-refractivity contribution in [2.75, 3.05) is 56.1 Å². The van der Waals surface area contributed by atoms with Gasteiger partial charge in [-0.3, -0.25) is 9.80 Å². The van der Waals surface area contributed by atoms with Crippen LogP contribution in [0.5, 0.6) is 0 Å². The summed E-state index contributed by atoms with van der Waals surface area (Å²) in [6.45, 7) is 4.32. The Kier molecular flexibility index (Phi) is 6.10. The van der Waals surface area contributed by atoms with Gasteiger partial charge in [-0.1, -0.05) is 6.07 Å². The molecule has 3 rings (SSSR count). The monoisotopic (exact) mass is 382 g/mol. The van der Waals surface area contributed by atoms with Crippen LogP contribution in [0, 0.1) is 6.92 Å². The molecule has 0 spiro atoms. The molecule has 2 heterocycles. The molecule has 27 heavy (non-hydrogen) atoms. The number of alkyl halides is 2. The zero-order valence-electron chi connectivity index (χ0n) is 15.3. The largest absolute Gasteiger partial charge is 0.447 e. The fourth-order valence-corrected chi connectivity index (χ4v) is 3.29. The van der Waals surface area contributed by atoms with Gasteiger partial charge in [-0.25, -0.2) is 18.4 Å². The maximum absolute atomic E-state index is 12.6. The topological polar surface area (TPSA) is 65.1 Å². The Balaban J connectivity index is 1.64. The molecule has 3 amide bonds. The second-order valence-electron chi connectivity index (χ2n) is 6.73. The lowest BCUT2D eigenvalue weighted by atomic mass is 10.1. The van der Waals surface area contributed by atoms with Gasteiger partial charge in [0.2, 0.25) is 0 Å². The van der Waals surface area contributed by atoms with Gasteiger partial charge in [0.05, 0.1) is 13.1 Å². The normalized spacial score (nSPS) is 18.6. The third kappa shape index (κ3) is 4.85. The predicted molar refractivity (Wildman–Crippen MR) is 97.5 cm³/mol. The van der Waals surface area contributed by atoms with Gasteiger partial charge in [0.1, 0.15) is 6.61 Å². The highest BCUT2D eigenvalue weighted by atomic mass is 19.3. The number of hydrogen-bond acceptors (Lipinski definition) is 4. The van der Waals surface area contributed by atoms with Crippen molar-refractivity contribution in [3.8, 4) is 0 Å². The maximum Gasteiger partial charge on any atom is 0.414 e. The zero-order chi connectivity index (χ0) is 19.4. The molecule has 0 radical (unpaired) electrons. The summed E-state index contributed by atoms with van der Waals surface area (Å²) in [5.74, 6) is 0. The molecule has 0 aromatic heterocycles. The van der Waals surface area contributed by atoms with Crippen molar-refractivity contribution in [3.05, 3.63) is 23.8 Å². The Morgan fingerprint density at radius 2 is 2.04 bits per heavy atom. The van der Waals surface area contributed by atoms with Crippen LogP contribution >= 0.6 is 0 Å². The van der Waals surface area contributed by atoms with Crippen molar-refractivity contribution < 1.29 is 23.1 Å². The molecule has 0 bridgehead atoms. The van der Waals surface area contributed by atoms with Gasteiger partial charge in [-0.2, -0.15) is 0 Å². The van der Waals surface area contributed by atoms with Crippen LogP contribution in [0.3, 0.4) is 0 Å². The van der Waals surface area contributed by atoms with Gasteiger partial charge in [0.15, 0.2) is 0 Å². The van der Waals surface area contributed by atoms with Crippen molar-refractivity contribution in [1.82, 2.24) is 9.80 Å². The number of urea groups is 1. The third-order valence-electron chi connectivity index (χ3n) is 4.81. The number of nitrogens with one attached hydrogen (secondary N) is 1. The molecule has 1 aromatic rings. The summed E-state index contributed by atoms with van der Waals surface area (Å²) in [4.78, 5) is 29.2. The lowest BCUT2D eigenvalue weighted by Crippen LogP contribution is -2.39. The Hall–Kier alpha value is -2.42. The van der Waals surface area contributed by atoms with E-state index in [2.05, 4.69) is 5.32 Å². The number of halogens is 2. The number of benzene rings is 1. The molecular formula is C18H24F2N4O3. The van der Waals surface area contributed by atoms with Crippen LogP contribution in [0.4, 0.5) is 29.7 Å². The summed E-state index contributed by atoms with van der Waals surface area (Å²) in [6.07, 6.45) is -2.12. The first-order valence-electron chi connectivity index (χ1n) is 9.05. The highest BCUT2D eigenvalue weighted by molar-refractivity contribution is 5.93. The number of hydrogen-bond donors (Lipinski definition) is 1. The smallest absolute Gasteiger partial charge is 0.414 e. The van der Waals surface area contributed by atoms with Gasteiger partial charge in [0.25, 0.3) is 6.43 Å². The predicted octanol–water partition coefficient (Wildman–Crippen LogP) is 2.76. The van der Waals surface area contributed by atoms with Crippen molar-refractivity contribution >= 4 is 23.5 Å². The molecule has 0 atom stereocenters. The van der Waals surface area contributed by atoms with Gasteiger partial charge in [-0.15, -0.1) is 0 Å². The third-order valence-corrected chi connectivity index (χ3v) is 4.81. The minimum absolute atomic E-state index is 0.261. The van der Waals surface area contributed by atoms with Crippen molar-refractivity contribution in [2.45, 2.75) is 19.8 Å². The second-order valence-corrected chi connectivity index (χ2v) is 6.73. The summed E-state index contributed by atoms with van der Waals surface area (Å²) >= 11 is 0.